The summed E-state index contributed by atoms with van der Waals surface area (Å²) in [4.78, 5) is 12.1. The molecule has 0 spiro atoms. The first-order chi connectivity index (χ1) is 13.5. The molecule has 0 aliphatic heterocycles. The minimum Gasteiger partial charge on any atom is -0.496 e. The van der Waals surface area contributed by atoms with Crippen LogP contribution in [0.25, 0.3) is 6.08 Å². The number of nitrogens with one attached hydrogen (secondary N) is 1. The molecule has 1 N–H and O–H groups in total. The highest BCUT2D eigenvalue weighted by molar-refractivity contribution is 5.92. The van der Waals surface area contributed by atoms with E-state index in [0.717, 1.165) is 0 Å². The fraction of sp³-hybridized carbons (Fsp3) is 0.250. The highest BCUT2D eigenvalue weighted by Gasteiger charge is 2.12. The van der Waals surface area contributed by atoms with Crippen molar-refractivity contribution in [3.63, 3.8) is 0 Å². The van der Waals surface area contributed by atoms with Crippen LogP contribution in [0.2, 0.25) is 0 Å². The summed E-state index contributed by atoms with van der Waals surface area (Å²) in [6.45, 7) is -2.78. The van der Waals surface area contributed by atoms with Gasteiger partial charge in [0.2, 0.25) is 5.91 Å². The Labute approximate surface area is 161 Å². The second-order valence-electron chi connectivity index (χ2n) is 5.49. The largest absolute Gasteiger partial charge is 0.496 e. The first kappa shape index (κ1) is 21.0. The zero-order valence-corrected chi connectivity index (χ0v) is 15.7. The Morgan fingerprint density at radius 3 is 2.29 bits per heavy atom. The summed E-state index contributed by atoms with van der Waals surface area (Å²) in [6, 6.07) is 9.56. The maximum Gasteiger partial charge on any atom is 0.387 e. The number of hydrogen-bond donors (Lipinski definition) is 1. The molecule has 0 saturated carbocycles. The Hall–Kier alpha value is -3.29. The lowest BCUT2D eigenvalue weighted by Crippen LogP contribution is -2.20. The highest BCUT2D eigenvalue weighted by atomic mass is 19.3. The zero-order valence-electron chi connectivity index (χ0n) is 15.7. The summed E-state index contributed by atoms with van der Waals surface area (Å²) in [5.41, 5.74) is 1.05. The second-order valence-corrected chi connectivity index (χ2v) is 5.49. The van der Waals surface area contributed by atoms with E-state index < -0.39 is 12.5 Å². The van der Waals surface area contributed by atoms with Crippen molar-refractivity contribution in [3.05, 3.63) is 53.6 Å². The fourth-order valence-corrected chi connectivity index (χ4v) is 2.46. The van der Waals surface area contributed by atoms with Gasteiger partial charge in [-0.3, -0.25) is 4.79 Å². The van der Waals surface area contributed by atoms with E-state index in [4.69, 9.17) is 14.2 Å². The van der Waals surface area contributed by atoms with Crippen molar-refractivity contribution in [2.75, 3.05) is 21.3 Å². The maximum absolute atomic E-state index is 12.4. The van der Waals surface area contributed by atoms with Crippen LogP contribution in [0.15, 0.2) is 42.5 Å². The van der Waals surface area contributed by atoms with Crippen LogP contribution in [0.1, 0.15) is 11.1 Å². The third kappa shape index (κ3) is 5.60. The number of halogens is 2. The van der Waals surface area contributed by atoms with Gasteiger partial charge < -0.3 is 24.3 Å². The summed E-state index contributed by atoms with van der Waals surface area (Å²) in [5, 5.41) is 2.70. The minimum atomic E-state index is -2.94. The van der Waals surface area contributed by atoms with Crippen LogP contribution in [0.3, 0.4) is 0 Å². The standard InChI is InChI=1S/C20H21F2NO5/c1-25-16-11-18(27-3)17(26-2)10-14(16)12-23-19(24)9-8-13-6-4-5-7-15(13)28-20(21)22/h4-11,20H,12H2,1-3H3,(H,23,24)/b9-8+. The van der Waals surface area contributed by atoms with Crippen molar-refractivity contribution in [1.29, 1.82) is 0 Å². The summed E-state index contributed by atoms with van der Waals surface area (Å²) in [5.74, 6) is 1.11. The molecule has 2 rings (SSSR count). The van der Waals surface area contributed by atoms with Gasteiger partial charge in [-0.2, -0.15) is 8.78 Å². The SMILES string of the molecule is COc1cc(OC)c(OC)cc1CNC(=O)/C=C/c1ccccc1OC(F)F. The van der Waals surface area contributed by atoms with Gasteiger partial charge in [0.1, 0.15) is 11.5 Å². The molecule has 0 heterocycles. The number of ether oxygens (including phenoxy) is 4. The molecule has 8 heteroatoms. The topological polar surface area (TPSA) is 66.0 Å². The molecule has 0 saturated heterocycles. The Bertz CT molecular complexity index is 839. The van der Waals surface area contributed by atoms with Crippen LogP contribution < -0.4 is 24.3 Å². The van der Waals surface area contributed by atoms with Gasteiger partial charge in [0.05, 0.1) is 21.3 Å². The molecule has 0 aliphatic carbocycles. The number of benzene rings is 2. The summed E-state index contributed by atoms with van der Waals surface area (Å²) < 4.78 is 45.1. The summed E-state index contributed by atoms with van der Waals surface area (Å²) in [7, 11) is 4.53. The summed E-state index contributed by atoms with van der Waals surface area (Å²) in [6.07, 6.45) is 2.64. The Balaban J connectivity index is 2.08. The Morgan fingerprint density at radius 1 is 1.00 bits per heavy atom. The molecule has 0 aromatic heterocycles. The quantitative estimate of drug-likeness (QED) is 0.659. The molecule has 28 heavy (non-hydrogen) atoms. The molecule has 150 valence electrons. The molecule has 2 aromatic carbocycles. The molecule has 0 unspecified atom stereocenters. The lowest BCUT2D eigenvalue weighted by atomic mass is 10.1. The normalized spacial score (nSPS) is 10.8. The van der Waals surface area contributed by atoms with Crippen molar-refractivity contribution in [2.24, 2.45) is 0 Å². The average molecular weight is 393 g/mol. The van der Waals surface area contributed by atoms with E-state index in [1.165, 1.54) is 39.5 Å². The molecule has 0 radical (unpaired) electrons. The minimum absolute atomic E-state index is 0.0110. The fourth-order valence-electron chi connectivity index (χ4n) is 2.46. The van der Waals surface area contributed by atoms with Gasteiger partial charge in [0, 0.05) is 29.8 Å². The third-order valence-corrected chi connectivity index (χ3v) is 3.79. The molecule has 1 amide bonds. The monoisotopic (exact) mass is 393 g/mol. The Morgan fingerprint density at radius 2 is 1.64 bits per heavy atom. The van der Waals surface area contributed by atoms with E-state index in [-0.39, 0.29) is 12.3 Å². The number of carbonyl (C=O) groups is 1. The first-order valence-electron chi connectivity index (χ1n) is 8.27. The highest BCUT2D eigenvalue weighted by Crippen LogP contribution is 2.34. The van der Waals surface area contributed by atoms with Crippen molar-refractivity contribution in [1.82, 2.24) is 5.32 Å². The second kappa shape index (κ2) is 10.1. The molecular weight excluding hydrogens is 372 g/mol. The molecule has 0 aliphatic rings. The molecule has 0 fully saturated rings. The zero-order chi connectivity index (χ0) is 20.5. The number of carbonyl (C=O) groups excluding carboxylic acids is 1. The molecule has 6 nitrogen and oxygen atoms in total. The van der Waals surface area contributed by atoms with Gasteiger partial charge in [0.15, 0.2) is 11.5 Å². The number of alkyl halides is 2. The van der Waals surface area contributed by atoms with Crippen molar-refractivity contribution in [2.45, 2.75) is 13.2 Å². The number of para-hydroxylation sites is 1. The van der Waals surface area contributed by atoms with Crippen molar-refractivity contribution in [3.8, 4) is 23.0 Å². The van der Waals surface area contributed by atoms with Gasteiger partial charge >= 0.3 is 6.61 Å². The van der Waals surface area contributed by atoms with Crippen LogP contribution in [-0.4, -0.2) is 33.8 Å². The van der Waals surface area contributed by atoms with Gasteiger partial charge in [-0.05, 0) is 18.2 Å². The van der Waals surface area contributed by atoms with E-state index in [1.54, 1.807) is 30.3 Å². The van der Waals surface area contributed by atoms with E-state index in [0.29, 0.717) is 28.4 Å². The van der Waals surface area contributed by atoms with E-state index in [2.05, 4.69) is 10.1 Å². The van der Waals surface area contributed by atoms with Crippen LogP contribution in [0.4, 0.5) is 8.78 Å². The van der Waals surface area contributed by atoms with Gasteiger partial charge in [-0.1, -0.05) is 18.2 Å². The number of rotatable bonds is 9. The predicted molar refractivity (Wildman–Crippen MR) is 100 cm³/mol. The van der Waals surface area contributed by atoms with Crippen molar-refractivity contribution < 1.29 is 32.5 Å². The van der Waals surface area contributed by atoms with Crippen molar-refractivity contribution >= 4 is 12.0 Å². The van der Waals surface area contributed by atoms with Crippen LogP contribution >= 0.6 is 0 Å². The Kier molecular flexibility index (Phi) is 7.62. The molecule has 0 atom stereocenters. The third-order valence-electron chi connectivity index (χ3n) is 3.79. The molecule has 2 aromatic rings. The maximum atomic E-state index is 12.4. The first-order valence-corrected chi connectivity index (χ1v) is 8.27. The predicted octanol–water partition coefficient (Wildman–Crippen LogP) is 3.64. The smallest absolute Gasteiger partial charge is 0.387 e. The van der Waals surface area contributed by atoms with E-state index >= 15 is 0 Å². The van der Waals surface area contributed by atoms with Gasteiger partial charge in [-0.25, -0.2) is 0 Å². The molecule has 0 bridgehead atoms. The van der Waals surface area contributed by atoms with Crippen LogP contribution in [-0.2, 0) is 11.3 Å². The van der Waals surface area contributed by atoms with Crippen LogP contribution in [0.5, 0.6) is 23.0 Å². The lowest BCUT2D eigenvalue weighted by molar-refractivity contribution is -0.116. The number of methoxy groups -OCH3 is 3. The van der Waals surface area contributed by atoms with Crippen LogP contribution in [0, 0.1) is 0 Å². The van der Waals surface area contributed by atoms with E-state index in [9.17, 15) is 13.6 Å². The average Bonchev–Trinajstić information content (AvgIpc) is 2.70. The number of hydrogen-bond acceptors (Lipinski definition) is 5. The number of amides is 1. The van der Waals surface area contributed by atoms with Gasteiger partial charge in [-0.15, -0.1) is 0 Å². The lowest BCUT2D eigenvalue weighted by Gasteiger charge is -2.14. The van der Waals surface area contributed by atoms with Gasteiger partial charge in [0.25, 0.3) is 0 Å². The summed E-state index contributed by atoms with van der Waals surface area (Å²) >= 11 is 0. The molecular formula is C20H21F2NO5. The van der Waals surface area contributed by atoms with E-state index in [1.807, 2.05) is 0 Å².